The number of allylic oxidation sites excluding steroid dienone is 4. The third-order valence-corrected chi connectivity index (χ3v) is 2.32. The lowest BCUT2D eigenvalue weighted by atomic mass is 10.2. The number of aromatic nitrogens is 2. The molecule has 1 amide bonds. The summed E-state index contributed by atoms with van der Waals surface area (Å²) in [5, 5.41) is 0. The summed E-state index contributed by atoms with van der Waals surface area (Å²) < 4.78 is 0. The highest BCUT2D eigenvalue weighted by molar-refractivity contribution is 5.94. The average molecular weight is 246 g/mol. The normalized spacial score (nSPS) is 12.0. The van der Waals surface area contributed by atoms with Gasteiger partial charge in [0, 0.05) is 12.6 Å². The van der Waals surface area contributed by atoms with E-state index >= 15 is 0 Å². The molecule has 0 aromatic carbocycles. The van der Waals surface area contributed by atoms with Crippen LogP contribution in [-0.4, -0.2) is 15.9 Å². The summed E-state index contributed by atoms with van der Waals surface area (Å²) in [4.78, 5) is 18.9. The van der Waals surface area contributed by atoms with E-state index in [1.165, 1.54) is 11.8 Å². The molecule has 5 nitrogen and oxygen atoms in total. The number of hydrogen-bond donors (Lipinski definition) is 2. The van der Waals surface area contributed by atoms with Crippen LogP contribution in [0.1, 0.15) is 36.5 Å². The van der Waals surface area contributed by atoms with Crippen molar-refractivity contribution in [2.75, 3.05) is 5.73 Å². The molecule has 0 unspecified atom stereocenters. The van der Waals surface area contributed by atoms with E-state index in [0.717, 1.165) is 6.42 Å². The SMILES string of the molecule is CCC=C(C)C=CCc1cnc(C(N)=O)c(N)n1. The van der Waals surface area contributed by atoms with Crippen LogP contribution in [0.15, 0.2) is 30.0 Å². The van der Waals surface area contributed by atoms with Crippen LogP contribution in [0.5, 0.6) is 0 Å². The van der Waals surface area contributed by atoms with E-state index in [-0.39, 0.29) is 11.5 Å². The maximum absolute atomic E-state index is 10.9. The number of carbonyl (C=O) groups excluding carboxylic acids is 1. The number of anilines is 1. The Morgan fingerprint density at radius 2 is 2.22 bits per heavy atom. The first-order chi connectivity index (χ1) is 8.54. The molecular weight excluding hydrogens is 228 g/mol. The predicted octanol–water partition coefficient (Wildman–Crippen LogP) is 1.61. The van der Waals surface area contributed by atoms with Gasteiger partial charge >= 0.3 is 0 Å². The highest BCUT2D eigenvalue weighted by Gasteiger charge is 2.08. The largest absolute Gasteiger partial charge is 0.382 e. The Hall–Kier alpha value is -2.17. The first-order valence-electron chi connectivity index (χ1n) is 5.79. The van der Waals surface area contributed by atoms with Gasteiger partial charge < -0.3 is 11.5 Å². The predicted molar refractivity (Wildman–Crippen MR) is 71.9 cm³/mol. The molecule has 0 saturated heterocycles. The molecule has 96 valence electrons. The Morgan fingerprint density at radius 1 is 1.50 bits per heavy atom. The fourth-order valence-corrected chi connectivity index (χ4v) is 1.49. The number of amides is 1. The smallest absolute Gasteiger partial charge is 0.271 e. The molecule has 1 aromatic heterocycles. The fraction of sp³-hybridized carbons (Fsp3) is 0.308. The number of nitrogens with zero attached hydrogens (tertiary/aromatic N) is 2. The molecule has 1 heterocycles. The molecule has 18 heavy (non-hydrogen) atoms. The highest BCUT2D eigenvalue weighted by Crippen LogP contribution is 2.07. The van der Waals surface area contributed by atoms with Crippen molar-refractivity contribution >= 4 is 11.7 Å². The van der Waals surface area contributed by atoms with Crippen molar-refractivity contribution in [3.8, 4) is 0 Å². The lowest BCUT2D eigenvalue weighted by Gasteiger charge is -2.01. The summed E-state index contributed by atoms with van der Waals surface area (Å²) in [7, 11) is 0. The number of carbonyl (C=O) groups is 1. The van der Waals surface area contributed by atoms with Crippen molar-refractivity contribution in [2.24, 2.45) is 5.73 Å². The highest BCUT2D eigenvalue weighted by atomic mass is 16.1. The van der Waals surface area contributed by atoms with Crippen LogP contribution in [0.25, 0.3) is 0 Å². The van der Waals surface area contributed by atoms with Gasteiger partial charge in [-0.25, -0.2) is 9.97 Å². The number of nitrogen functional groups attached to an aromatic ring is 1. The number of nitrogens with two attached hydrogens (primary N) is 2. The first kappa shape index (κ1) is 13.9. The van der Waals surface area contributed by atoms with Crippen LogP contribution in [0, 0.1) is 0 Å². The van der Waals surface area contributed by atoms with Gasteiger partial charge in [-0.1, -0.05) is 30.7 Å². The lowest BCUT2D eigenvalue weighted by Crippen LogP contribution is -2.17. The maximum Gasteiger partial charge on any atom is 0.271 e. The molecule has 0 aliphatic carbocycles. The lowest BCUT2D eigenvalue weighted by molar-refractivity contribution is 0.0996. The Kier molecular flexibility index (Phi) is 5.05. The van der Waals surface area contributed by atoms with E-state index in [4.69, 9.17) is 11.5 Å². The van der Waals surface area contributed by atoms with Gasteiger partial charge in [0.2, 0.25) is 0 Å². The second kappa shape index (κ2) is 6.54. The Morgan fingerprint density at radius 3 is 2.78 bits per heavy atom. The molecule has 0 radical (unpaired) electrons. The zero-order valence-electron chi connectivity index (χ0n) is 10.7. The van der Waals surface area contributed by atoms with Gasteiger partial charge in [0.15, 0.2) is 11.5 Å². The Labute approximate surface area is 107 Å². The molecule has 0 aliphatic heterocycles. The minimum atomic E-state index is -0.663. The van der Waals surface area contributed by atoms with Crippen LogP contribution in [0.2, 0.25) is 0 Å². The summed E-state index contributed by atoms with van der Waals surface area (Å²) in [6.45, 7) is 4.13. The van der Waals surface area contributed by atoms with Gasteiger partial charge in [0.25, 0.3) is 5.91 Å². The quantitative estimate of drug-likeness (QED) is 0.771. The van der Waals surface area contributed by atoms with Gasteiger partial charge in [-0.15, -0.1) is 0 Å². The minimum absolute atomic E-state index is 0.0183. The summed E-state index contributed by atoms with van der Waals surface area (Å²) in [5.74, 6) is -0.585. The van der Waals surface area contributed by atoms with Crippen LogP contribution in [0.4, 0.5) is 5.82 Å². The summed E-state index contributed by atoms with van der Waals surface area (Å²) in [6.07, 6.45) is 9.27. The minimum Gasteiger partial charge on any atom is -0.382 e. The van der Waals surface area contributed by atoms with E-state index in [0.29, 0.717) is 12.1 Å². The van der Waals surface area contributed by atoms with Gasteiger partial charge in [-0.2, -0.15) is 0 Å². The Balaban J connectivity index is 2.73. The molecule has 0 atom stereocenters. The van der Waals surface area contributed by atoms with Gasteiger partial charge in [0.05, 0.1) is 5.69 Å². The van der Waals surface area contributed by atoms with Crippen molar-refractivity contribution < 1.29 is 4.79 Å². The third kappa shape index (κ3) is 4.01. The zero-order valence-corrected chi connectivity index (χ0v) is 10.7. The molecule has 5 heteroatoms. The maximum atomic E-state index is 10.9. The molecule has 0 bridgehead atoms. The van der Waals surface area contributed by atoms with Crippen molar-refractivity contribution in [3.63, 3.8) is 0 Å². The molecule has 1 aromatic rings. The molecule has 4 N–H and O–H groups in total. The van der Waals surface area contributed by atoms with Gasteiger partial charge in [0.1, 0.15) is 0 Å². The van der Waals surface area contributed by atoms with Gasteiger partial charge in [-0.05, 0) is 13.3 Å². The van der Waals surface area contributed by atoms with E-state index in [1.54, 1.807) is 0 Å². The Bertz CT molecular complexity index is 492. The van der Waals surface area contributed by atoms with Crippen LogP contribution in [0.3, 0.4) is 0 Å². The number of hydrogen-bond acceptors (Lipinski definition) is 4. The number of rotatable bonds is 5. The van der Waals surface area contributed by atoms with Crippen LogP contribution in [-0.2, 0) is 6.42 Å². The molecule has 1 rings (SSSR count). The number of primary amides is 1. The second-order valence-corrected chi connectivity index (χ2v) is 3.92. The van der Waals surface area contributed by atoms with Crippen LogP contribution < -0.4 is 11.5 Å². The van der Waals surface area contributed by atoms with E-state index in [9.17, 15) is 4.79 Å². The van der Waals surface area contributed by atoms with Crippen molar-refractivity contribution in [2.45, 2.75) is 26.7 Å². The second-order valence-electron chi connectivity index (χ2n) is 3.92. The van der Waals surface area contributed by atoms with Crippen molar-refractivity contribution in [3.05, 3.63) is 41.4 Å². The standard InChI is InChI=1S/C13H18N4O/c1-3-5-9(2)6-4-7-10-8-16-11(13(15)18)12(14)17-10/h4-6,8H,3,7H2,1-2H3,(H2,14,17)(H2,15,18). The van der Waals surface area contributed by atoms with E-state index in [1.807, 2.05) is 19.1 Å². The molecule has 0 fully saturated rings. The van der Waals surface area contributed by atoms with Gasteiger partial charge in [-0.3, -0.25) is 4.79 Å². The third-order valence-electron chi connectivity index (χ3n) is 2.32. The van der Waals surface area contributed by atoms with Crippen LogP contribution >= 0.6 is 0 Å². The summed E-state index contributed by atoms with van der Waals surface area (Å²) in [5.41, 5.74) is 12.6. The van der Waals surface area contributed by atoms with Crippen molar-refractivity contribution in [1.82, 2.24) is 9.97 Å². The van der Waals surface area contributed by atoms with E-state index in [2.05, 4.69) is 23.0 Å². The molecule has 0 spiro atoms. The van der Waals surface area contributed by atoms with E-state index < -0.39 is 5.91 Å². The summed E-state index contributed by atoms with van der Waals surface area (Å²) >= 11 is 0. The average Bonchev–Trinajstić information content (AvgIpc) is 2.29. The molecule has 0 aliphatic rings. The first-order valence-corrected chi connectivity index (χ1v) is 5.79. The fourth-order valence-electron chi connectivity index (χ4n) is 1.49. The monoisotopic (exact) mass is 246 g/mol. The molecule has 0 saturated carbocycles. The topological polar surface area (TPSA) is 94.9 Å². The summed E-state index contributed by atoms with van der Waals surface area (Å²) in [6, 6.07) is 0. The zero-order chi connectivity index (χ0) is 13.5. The molecular formula is C13H18N4O. The van der Waals surface area contributed by atoms with Crippen molar-refractivity contribution in [1.29, 1.82) is 0 Å².